The summed E-state index contributed by atoms with van der Waals surface area (Å²) in [6.45, 7) is 1.91. The number of nitrogens with zero attached hydrogens (tertiary/aromatic N) is 2. The molecular weight excluding hydrogens is 267 g/mol. The molecule has 0 bridgehead atoms. The molecule has 1 N–H and O–H groups in total. The van der Waals surface area contributed by atoms with Gasteiger partial charge in [0, 0.05) is 6.20 Å². The molecule has 6 heteroatoms. The molecule has 1 aromatic carbocycles. The molecule has 0 saturated heterocycles. The molecule has 20 heavy (non-hydrogen) atoms. The smallest absolute Gasteiger partial charge is 0.261 e. The summed E-state index contributed by atoms with van der Waals surface area (Å²) in [5.74, 6) is 0.527. The predicted octanol–water partition coefficient (Wildman–Crippen LogP) is 3.85. The van der Waals surface area contributed by atoms with Crippen LogP contribution in [0.15, 0.2) is 47.7 Å². The molecule has 0 amide bonds. The Hall–Kier alpha value is -2.37. The van der Waals surface area contributed by atoms with E-state index in [-0.39, 0.29) is 0 Å². The van der Waals surface area contributed by atoms with E-state index in [1.54, 1.807) is 18.3 Å². The third-order valence-electron chi connectivity index (χ3n) is 2.52. The van der Waals surface area contributed by atoms with Crippen molar-refractivity contribution in [1.82, 2.24) is 4.98 Å². The van der Waals surface area contributed by atoms with Gasteiger partial charge in [-0.3, -0.25) is 5.43 Å². The third-order valence-corrected chi connectivity index (χ3v) is 2.52. The van der Waals surface area contributed by atoms with Crippen molar-refractivity contribution in [1.29, 1.82) is 0 Å². The van der Waals surface area contributed by atoms with Crippen molar-refractivity contribution in [3.05, 3.63) is 59.3 Å². The van der Waals surface area contributed by atoms with Gasteiger partial charge in [-0.15, -0.1) is 0 Å². The van der Waals surface area contributed by atoms with Gasteiger partial charge in [0.05, 0.1) is 11.8 Å². The van der Waals surface area contributed by atoms with Crippen LogP contribution < -0.4 is 5.43 Å². The van der Waals surface area contributed by atoms with Gasteiger partial charge in [-0.05, 0) is 36.2 Å². The molecule has 0 unspecified atom stereocenters. The number of anilines is 1. The Morgan fingerprint density at radius 3 is 2.65 bits per heavy atom. The second-order valence-corrected chi connectivity index (χ2v) is 4.21. The van der Waals surface area contributed by atoms with Crippen LogP contribution in [-0.2, 0) is 6.18 Å². The fourth-order valence-corrected chi connectivity index (χ4v) is 1.50. The lowest BCUT2D eigenvalue weighted by Gasteiger charge is -2.06. The zero-order valence-electron chi connectivity index (χ0n) is 10.6. The summed E-state index contributed by atoms with van der Waals surface area (Å²) >= 11 is 0. The van der Waals surface area contributed by atoms with Gasteiger partial charge in [-0.25, -0.2) is 4.98 Å². The van der Waals surface area contributed by atoms with Crippen LogP contribution in [0.4, 0.5) is 19.0 Å². The molecule has 2 aromatic rings. The van der Waals surface area contributed by atoms with Gasteiger partial charge >= 0.3 is 6.18 Å². The van der Waals surface area contributed by atoms with E-state index in [2.05, 4.69) is 15.5 Å². The number of aromatic nitrogens is 1. The van der Waals surface area contributed by atoms with Gasteiger partial charge in [0.2, 0.25) is 0 Å². The van der Waals surface area contributed by atoms with E-state index in [1.165, 1.54) is 12.3 Å². The van der Waals surface area contributed by atoms with Crippen LogP contribution in [0.2, 0.25) is 0 Å². The summed E-state index contributed by atoms with van der Waals surface area (Å²) in [5.41, 5.74) is 3.33. The quantitative estimate of drug-likeness (QED) is 0.684. The highest BCUT2D eigenvalue weighted by atomic mass is 19.4. The number of hydrogen-bond donors (Lipinski definition) is 1. The average Bonchev–Trinajstić information content (AvgIpc) is 2.40. The van der Waals surface area contributed by atoms with Crippen LogP contribution >= 0.6 is 0 Å². The van der Waals surface area contributed by atoms with E-state index in [4.69, 9.17) is 0 Å². The normalized spacial score (nSPS) is 11.8. The van der Waals surface area contributed by atoms with Crippen molar-refractivity contribution < 1.29 is 13.2 Å². The first-order chi connectivity index (χ1) is 9.45. The molecule has 0 aliphatic rings. The molecule has 104 valence electrons. The first-order valence-electron chi connectivity index (χ1n) is 5.84. The minimum absolute atomic E-state index is 0.361. The Morgan fingerprint density at radius 1 is 1.20 bits per heavy atom. The lowest BCUT2D eigenvalue weighted by Crippen LogP contribution is -2.05. The van der Waals surface area contributed by atoms with Crippen LogP contribution in [0.3, 0.4) is 0 Å². The van der Waals surface area contributed by atoms with Crippen LogP contribution in [0.1, 0.15) is 16.7 Å². The highest BCUT2D eigenvalue weighted by Crippen LogP contribution is 2.29. The molecule has 0 spiro atoms. The van der Waals surface area contributed by atoms with Crippen molar-refractivity contribution in [2.75, 3.05) is 5.43 Å². The number of halogens is 3. The number of hydrogen-bond acceptors (Lipinski definition) is 3. The lowest BCUT2D eigenvalue weighted by molar-refractivity contribution is -0.137. The first-order valence-corrected chi connectivity index (χ1v) is 5.84. The van der Waals surface area contributed by atoms with Crippen molar-refractivity contribution >= 4 is 12.0 Å². The topological polar surface area (TPSA) is 37.3 Å². The molecule has 1 heterocycles. The second kappa shape index (κ2) is 5.73. The van der Waals surface area contributed by atoms with Crippen molar-refractivity contribution in [2.24, 2.45) is 5.10 Å². The molecule has 0 aliphatic carbocycles. The molecule has 2 rings (SSSR count). The van der Waals surface area contributed by atoms with Crippen LogP contribution in [0.5, 0.6) is 0 Å². The molecule has 1 aromatic heterocycles. The number of rotatable bonds is 3. The van der Waals surface area contributed by atoms with Gasteiger partial charge in [0.1, 0.15) is 5.82 Å². The second-order valence-electron chi connectivity index (χ2n) is 4.21. The predicted molar refractivity (Wildman–Crippen MR) is 71.6 cm³/mol. The van der Waals surface area contributed by atoms with E-state index < -0.39 is 11.7 Å². The first kappa shape index (κ1) is 14.0. The summed E-state index contributed by atoms with van der Waals surface area (Å²) in [7, 11) is 0. The van der Waals surface area contributed by atoms with Gasteiger partial charge < -0.3 is 0 Å². The zero-order chi connectivity index (χ0) is 14.6. The molecule has 0 aliphatic heterocycles. The summed E-state index contributed by atoms with van der Waals surface area (Å²) < 4.78 is 37.6. The van der Waals surface area contributed by atoms with E-state index in [1.807, 2.05) is 13.0 Å². The van der Waals surface area contributed by atoms with E-state index >= 15 is 0 Å². The van der Waals surface area contributed by atoms with Gasteiger partial charge in [0.15, 0.2) is 0 Å². The Labute approximate surface area is 114 Å². The number of nitrogens with one attached hydrogen (secondary N) is 1. The van der Waals surface area contributed by atoms with Crippen LogP contribution in [0, 0.1) is 6.92 Å². The highest BCUT2D eigenvalue weighted by molar-refractivity contribution is 5.80. The number of hydrazone groups is 1. The fraction of sp³-hybridized carbons (Fsp3) is 0.143. The van der Waals surface area contributed by atoms with Crippen molar-refractivity contribution in [2.45, 2.75) is 13.1 Å². The Balaban J connectivity index is 2.06. The maximum atomic E-state index is 12.5. The molecule has 0 saturated carbocycles. The number of pyridine rings is 1. The Kier molecular flexibility index (Phi) is 4.02. The third kappa shape index (κ3) is 3.81. The fourth-order valence-electron chi connectivity index (χ4n) is 1.50. The standard InChI is InChI=1S/C14H12F3N3/c1-10-5-6-13(18-8-10)20-19-9-11-3-2-4-12(7-11)14(15,16)17/h2-9H,1H3,(H,18,20)/b19-9+. The number of alkyl halides is 3. The van der Waals surface area contributed by atoms with Gasteiger partial charge in [-0.2, -0.15) is 18.3 Å². The molecule has 0 radical (unpaired) electrons. The minimum Gasteiger partial charge on any atom is -0.261 e. The molecule has 3 nitrogen and oxygen atoms in total. The zero-order valence-corrected chi connectivity index (χ0v) is 10.6. The number of benzene rings is 1. The average molecular weight is 279 g/mol. The maximum absolute atomic E-state index is 12.5. The van der Waals surface area contributed by atoms with Crippen molar-refractivity contribution in [3.63, 3.8) is 0 Å². The summed E-state index contributed by atoms with van der Waals surface area (Å²) in [6.07, 6.45) is -1.37. The van der Waals surface area contributed by atoms with Crippen LogP contribution in [-0.4, -0.2) is 11.2 Å². The molecule has 0 atom stereocenters. The summed E-state index contributed by atoms with van der Waals surface area (Å²) in [6, 6.07) is 8.53. The van der Waals surface area contributed by atoms with Gasteiger partial charge in [0.25, 0.3) is 0 Å². The van der Waals surface area contributed by atoms with Gasteiger partial charge in [-0.1, -0.05) is 18.2 Å². The number of aryl methyl sites for hydroxylation is 1. The highest BCUT2D eigenvalue weighted by Gasteiger charge is 2.30. The molecular formula is C14H12F3N3. The summed E-state index contributed by atoms with van der Waals surface area (Å²) in [4.78, 5) is 4.06. The lowest BCUT2D eigenvalue weighted by atomic mass is 10.1. The maximum Gasteiger partial charge on any atom is 0.416 e. The van der Waals surface area contributed by atoms with E-state index in [9.17, 15) is 13.2 Å². The minimum atomic E-state index is -4.35. The summed E-state index contributed by atoms with van der Waals surface area (Å²) in [5, 5.41) is 3.86. The largest absolute Gasteiger partial charge is 0.416 e. The van der Waals surface area contributed by atoms with E-state index in [0.717, 1.165) is 17.7 Å². The molecule has 0 fully saturated rings. The van der Waals surface area contributed by atoms with E-state index in [0.29, 0.717) is 11.4 Å². The van der Waals surface area contributed by atoms with Crippen LogP contribution in [0.25, 0.3) is 0 Å². The Bertz CT molecular complexity index is 604. The van der Waals surface area contributed by atoms with Crippen molar-refractivity contribution in [3.8, 4) is 0 Å². The monoisotopic (exact) mass is 279 g/mol. The SMILES string of the molecule is Cc1ccc(N/N=C/c2cccc(C(F)(F)F)c2)nc1. The Morgan fingerprint density at radius 2 is 2.00 bits per heavy atom.